The molecule has 2 atom stereocenters. The third kappa shape index (κ3) is 11.0. The molecule has 2 amide bonds. The smallest absolute Gasteiger partial charge is 0.278 e. The van der Waals surface area contributed by atoms with E-state index in [0.29, 0.717) is 37.2 Å². The van der Waals surface area contributed by atoms with Gasteiger partial charge in [0.2, 0.25) is 0 Å². The second kappa shape index (κ2) is 18.9. The largest absolute Gasteiger partial charge is 0.366 e. The number of benzene rings is 4. The number of carbonyl (C=O) groups is 4. The van der Waals surface area contributed by atoms with E-state index in [9.17, 15) is 19.2 Å². The average Bonchev–Trinajstić information content (AvgIpc) is 3.36. The molecule has 2 fully saturated rings. The van der Waals surface area contributed by atoms with Gasteiger partial charge in [-0.25, -0.2) is 10.1 Å². The molecule has 2 saturated heterocycles. The van der Waals surface area contributed by atoms with Crippen molar-refractivity contribution in [1.29, 1.82) is 0 Å². The van der Waals surface area contributed by atoms with Gasteiger partial charge in [-0.2, -0.15) is 0 Å². The minimum absolute atomic E-state index is 0.0126. The van der Waals surface area contributed by atoms with Crippen LogP contribution in [0.3, 0.4) is 0 Å². The maximum atomic E-state index is 13.0. The summed E-state index contributed by atoms with van der Waals surface area (Å²) in [4.78, 5) is 63.1. The fourth-order valence-electron chi connectivity index (χ4n) is 6.17. The summed E-state index contributed by atoms with van der Waals surface area (Å²) in [6.07, 6.45) is 1.49. The molecule has 10 heteroatoms. The Labute approximate surface area is 317 Å². The summed E-state index contributed by atoms with van der Waals surface area (Å²) in [6.45, 7) is 8.25. The molecule has 10 nitrogen and oxygen atoms in total. The highest BCUT2D eigenvalue weighted by atomic mass is 16.7. The normalized spacial score (nSPS) is 19.6. The first-order valence-electron chi connectivity index (χ1n) is 18.4. The maximum Gasteiger partial charge on any atom is 0.278 e. The van der Waals surface area contributed by atoms with Crippen molar-refractivity contribution in [2.75, 3.05) is 13.2 Å². The standard InChI is InChI=1S/2C22H25NO4/c2*1-22(2)21(25)23(27-16-17-9-5-3-6-10-17)19(13-14-26-22)15-20(24)18-11-7-4-8-12-18/h2*3-12,19H,13-16H2,1-2H3/t2*19-/m10/s1. The number of ketones is 2. The lowest BCUT2D eigenvalue weighted by atomic mass is 10.0. The summed E-state index contributed by atoms with van der Waals surface area (Å²) < 4.78 is 11.4. The Hall–Kier alpha value is -5.00. The fourth-order valence-corrected chi connectivity index (χ4v) is 6.17. The second-order valence-electron chi connectivity index (χ2n) is 14.4. The van der Waals surface area contributed by atoms with Crippen LogP contribution < -0.4 is 0 Å². The number of hydrogen-bond acceptors (Lipinski definition) is 8. The van der Waals surface area contributed by atoms with E-state index in [0.717, 1.165) is 11.1 Å². The molecule has 284 valence electrons. The van der Waals surface area contributed by atoms with Crippen molar-refractivity contribution in [2.45, 2.75) is 89.9 Å². The van der Waals surface area contributed by atoms with Crippen molar-refractivity contribution in [3.05, 3.63) is 144 Å². The lowest BCUT2D eigenvalue weighted by molar-refractivity contribution is -0.214. The number of rotatable bonds is 12. The Morgan fingerprint density at radius 2 is 0.870 bits per heavy atom. The van der Waals surface area contributed by atoms with Gasteiger partial charge < -0.3 is 9.47 Å². The van der Waals surface area contributed by atoms with E-state index < -0.39 is 11.2 Å². The zero-order chi connectivity index (χ0) is 38.6. The van der Waals surface area contributed by atoms with Crippen molar-refractivity contribution >= 4 is 23.4 Å². The van der Waals surface area contributed by atoms with Crippen LogP contribution in [0.2, 0.25) is 0 Å². The quantitative estimate of drug-likeness (QED) is 0.137. The van der Waals surface area contributed by atoms with Gasteiger partial charge in [0.25, 0.3) is 11.8 Å². The Morgan fingerprint density at radius 1 is 0.556 bits per heavy atom. The van der Waals surface area contributed by atoms with E-state index in [-0.39, 0.29) is 61.5 Å². The molecular formula is C44H50N2O8. The van der Waals surface area contributed by atoms with Crippen LogP contribution in [0.25, 0.3) is 0 Å². The number of Topliss-reactive ketones (excluding diaryl/α,β-unsaturated/α-hetero) is 2. The number of carbonyl (C=O) groups excluding carboxylic acids is 4. The molecule has 0 spiro atoms. The first kappa shape index (κ1) is 40.2. The Balaban J connectivity index is 0.000000208. The molecule has 0 aromatic heterocycles. The molecule has 4 aromatic rings. The first-order valence-corrected chi connectivity index (χ1v) is 18.4. The highest BCUT2D eigenvalue weighted by Crippen LogP contribution is 2.27. The van der Waals surface area contributed by atoms with Gasteiger partial charge in [-0.15, -0.1) is 0 Å². The van der Waals surface area contributed by atoms with Gasteiger partial charge in [0, 0.05) is 24.0 Å². The van der Waals surface area contributed by atoms with Gasteiger partial charge in [0.05, 0.1) is 25.3 Å². The Bertz CT molecular complexity index is 1680. The zero-order valence-electron chi connectivity index (χ0n) is 31.5. The molecule has 0 radical (unpaired) electrons. The predicted molar refractivity (Wildman–Crippen MR) is 204 cm³/mol. The number of amides is 2. The van der Waals surface area contributed by atoms with Crippen molar-refractivity contribution in [2.24, 2.45) is 0 Å². The molecule has 0 aliphatic carbocycles. The monoisotopic (exact) mass is 734 g/mol. The third-order valence-corrected chi connectivity index (χ3v) is 9.38. The van der Waals surface area contributed by atoms with Crippen molar-refractivity contribution < 1.29 is 38.3 Å². The summed E-state index contributed by atoms with van der Waals surface area (Å²) >= 11 is 0. The van der Waals surface area contributed by atoms with Crippen molar-refractivity contribution in [3.63, 3.8) is 0 Å². The molecule has 0 bridgehead atoms. The van der Waals surface area contributed by atoms with Crippen LogP contribution in [0.4, 0.5) is 0 Å². The fraction of sp³-hybridized carbons (Fsp3) is 0.364. The minimum atomic E-state index is -0.985. The SMILES string of the molecule is CC1(C)OCC[C@@H](CC(=O)c2ccccc2)N(OCc2ccccc2)C1=O.CC1(C)OCC[C@H](CC(=O)c2ccccc2)N(OCc2ccccc2)C1=O. The molecule has 0 N–H and O–H groups in total. The zero-order valence-corrected chi connectivity index (χ0v) is 31.5. The molecule has 4 aromatic carbocycles. The van der Waals surface area contributed by atoms with Gasteiger partial charge in [0.15, 0.2) is 11.6 Å². The van der Waals surface area contributed by atoms with E-state index in [1.165, 1.54) is 10.1 Å². The van der Waals surface area contributed by atoms with Crippen LogP contribution in [0.5, 0.6) is 0 Å². The Morgan fingerprint density at radius 3 is 1.20 bits per heavy atom. The van der Waals surface area contributed by atoms with Gasteiger partial charge in [-0.3, -0.25) is 28.9 Å². The maximum absolute atomic E-state index is 13.0. The lowest BCUT2D eigenvalue weighted by Crippen LogP contribution is -2.48. The lowest BCUT2D eigenvalue weighted by Gasteiger charge is -2.32. The number of nitrogens with zero attached hydrogens (tertiary/aromatic N) is 2. The summed E-state index contributed by atoms with van der Waals surface area (Å²) in [5.41, 5.74) is 1.22. The van der Waals surface area contributed by atoms with Crippen LogP contribution in [0, 0.1) is 0 Å². The molecule has 0 saturated carbocycles. The summed E-state index contributed by atoms with van der Waals surface area (Å²) in [5, 5.41) is 2.72. The number of ether oxygens (including phenoxy) is 2. The first-order chi connectivity index (χ1) is 25.9. The van der Waals surface area contributed by atoms with Crippen LogP contribution in [-0.2, 0) is 42.0 Å². The highest BCUT2D eigenvalue weighted by Gasteiger charge is 2.42. The molecule has 0 unspecified atom stereocenters. The van der Waals surface area contributed by atoms with E-state index in [1.54, 1.807) is 52.0 Å². The van der Waals surface area contributed by atoms with E-state index >= 15 is 0 Å². The van der Waals surface area contributed by atoms with Gasteiger partial charge in [-0.05, 0) is 51.7 Å². The molecule has 2 aliphatic heterocycles. The highest BCUT2D eigenvalue weighted by molar-refractivity contribution is 5.97. The van der Waals surface area contributed by atoms with Crippen molar-refractivity contribution in [3.8, 4) is 0 Å². The third-order valence-electron chi connectivity index (χ3n) is 9.38. The van der Waals surface area contributed by atoms with E-state index in [2.05, 4.69) is 0 Å². The molecule has 2 heterocycles. The molecular weight excluding hydrogens is 684 g/mol. The van der Waals surface area contributed by atoms with Gasteiger partial charge >= 0.3 is 0 Å². The van der Waals surface area contributed by atoms with E-state index in [4.69, 9.17) is 19.1 Å². The molecule has 54 heavy (non-hydrogen) atoms. The van der Waals surface area contributed by atoms with Crippen LogP contribution in [0.1, 0.15) is 85.2 Å². The van der Waals surface area contributed by atoms with Crippen LogP contribution >= 0.6 is 0 Å². The minimum Gasteiger partial charge on any atom is -0.366 e. The number of hydroxylamine groups is 4. The predicted octanol–water partition coefficient (Wildman–Crippen LogP) is 7.57. The van der Waals surface area contributed by atoms with E-state index in [1.807, 2.05) is 97.1 Å². The summed E-state index contributed by atoms with van der Waals surface area (Å²) in [7, 11) is 0. The average molecular weight is 735 g/mol. The summed E-state index contributed by atoms with van der Waals surface area (Å²) in [6, 6.07) is 36.8. The summed E-state index contributed by atoms with van der Waals surface area (Å²) in [5.74, 6) is -0.550. The van der Waals surface area contributed by atoms with Crippen LogP contribution in [-0.4, -0.2) is 70.0 Å². The Kier molecular flexibility index (Phi) is 14.0. The second-order valence-corrected chi connectivity index (χ2v) is 14.4. The molecule has 6 rings (SSSR count). The van der Waals surface area contributed by atoms with Crippen LogP contribution in [0.15, 0.2) is 121 Å². The van der Waals surface area contributed by atoms with Crippen molar-refractivity contribution in [1.82, 2.24) is 10.1 Å². The molecule has 2 aliphatic rings. The van der Waals surface area contributed by atoms with Gasteiger partial charge in [0.1, 0.15) is 24.4 Å². The van der Waals surface area contributed by atoms with Gasteiger partial charge in [-0.1, -0.05) is 121 Å². The number of hydrogen-bond donors (Lipinski definition) is 0. The topological polar surface area (TPSA) is 112 Å².